The second-order valence-electron chi connectivity index (χ2n) is 5.18. The van der Waals surface area contributed by atoms with Crippen molar-refractivity contribution in [1.29, 1.82) is 0 Å². The van der Waals surface area contributed by atoms with Gasteiger partial charge in [-0.1, -0.05) is 19.1 Å². The standard InChI is InChI=1S/C16H24N2OS/c1-3-12-18(13-8-10-17-11-9-13)16(19)14-6-4-5-7-15(14)20-2/h4-7,13,17H,3,8-12H2,1-2H3. The average Bonchev–Trinajstić information content (AvgIpc) is 2.52. The molecule has 1 amide bonds. The van der Waals surface area contributed by atoms with Gasteiger partial charge in [-0.15, -0.1) is 11.8 Å². The van der Waals surface area contributed by atoms with Crippen LogP contribution in [-0.4, -0.2) is 42.7 Å². The molecule has 0 bridgehead atoms. The van der Waals surface area contributed by atoms with E-state index in [1.165, 1.54) is 0 Å². The van der Waals surface area contributed by atoms with Gasteiger partial charge in [-0.2, -0.15) is 0 Å². The predicted molar refractivity (Wildman–Crippen MR) is 85.4 cm³/mol. The molecule has 3 nitrogen and oxygen atoms in total. The van der Waals surface area contributed by atoms with E-state index in [2.05, 4.69) is 17.1 Å². The number of piperidine rings is 1. The van der Waals surface area contributed by atoms with E-state index in [4.69, 9.17) is 0 Å². The molecule has 1 aliphatic rings. The van der Waals surface area contributed by atoms with E-state index in [1.54, 1.807) is 11.8 Å². The number of carbonyl (C=O) groups is 1. The molecule has 1 aromatic rings. The minimum atomic E-state index is 0.198. The van der Waals surface area contributed by atoms with E-state index >= 15 is 0 Å². The molecule has 0 atom stereocenters. The first-order valence-electron chi connectivity index (χ1n) is 7.42. The van der Waals surface area contributed by atoms with Gasteiger partial charge in [-0.05, 0) is 50.7 Å². The first kappa shape index (κ1) is 15.4. The molecule has 1 aromatic carbocycles. The number of amides is 1. The van der Waals surface area contributed by atoms with Crippen LogP contribution in [0.3, 0.4) is 0 Å². The van der Waals surface area contributed by atoms with Crippen molar-refractivity contribution in [3.05, 3.63) is 29.8 Å². The highest BCUT2D eigenvalue weighted by Crippen LogP contribution is 2.24. The maximum atomic E-state index is 12.9. The lowest BCUT2D eigenvalue weighted by atomic mass is 10.0. The monoisotopic (exact) mass is 292 g/mol. The highest BCUT2D eigenvalue weighted by Gasteiger charge is 2.26. The molecule has 1 N–H and O–H groups in total. The van der Waals surface area contributed by atoms with Crippen LogP contribution in [0.1, 0.15) is 36.5 Å². The summed E-state index contributed by atoms with van der Waals surface area (Å²) in [6.07, 6.45) is 5.16. The van der Waals surface area contributed by atoms with E-state index in [0.29, 0.717) is 6.04 Å². The minimum absolute atomic E-state index is 0.198. The van der Waals surface area contributed by atoms with Crippen LogP contribution in [0.2, 0.25) is 0 Å². The highest BCUT2D eigenvalue weighted by atomic mass is 32.2. The lowest BCUT2D eigenvalue weighted by molar-refractivity contribution is 0.0639. The third-order valence-electron chi connectivity index (χ3n) is 3.81. The van der Waals surface area contributed by atoms with Crippen molar-refractivity contribution in [2.45, 2.75) is 37.1 Å². The molecular formula is C16H24N2OS. The fourth-order valence-corrected chi connectivity index (χ4v) is 3.38. The number of hydrogen-bond acceptors (Lipinski definition) is 3. The van der Waals surface area contributed by atoms with Crippen molar-refractivity contribution in [1.82, 2.24) is 10.2 Å². The molecule has 1 aliphatic heterocycles. The smallest absolute Gasteiger partial charge is 0.255 e. The van der Waals surface area contributed by atoms with Crippen molar-refractivity contribution in [3.8, 4) is 0 Å². The van der Waals surface area contributed by atoms with E-state index in [9.17, 15) is 4.79 Å². The Hall–Kier alpha value is -1.00. The largest absolute Gasteiger partial charge is 0.336 e. The van der Waals surface area contributed by atoms with Crippen molar-refractivity contribution in [3.63, 3.8) is 0 Å². The second-order valence-corrected chi connectivity index (χ2v) is 6.03. The van der Waals surface area contributed by atoms with Crippen LogP contribution in [0, 0.1) is 0 Å². The summed E-state index contributed by atoms with van der Waals surface area (Å²) in [5.74, 6) is 0.198. The van der Waals surface area contributed by atoms with Gasteiger partial charge in [-0.3, -0.25) is 4.79 Å². The number of carbonyl (C=O) groups excluding carboxylic acids is 1. The Kier molecular flexibility index (Phi) is 5.92. The van der Waals surface area contributed by atoms with Crippen molar-refractivity contribution >= 4 is 17.7 Å². The number of benzene rings is 1. The predicted octanol–water partition coefficient (Wildman–Crippen LogP) is 3.01. The van der Waals surface area contributed by atoms with Gasteiger partial charge in [0, 0.05) is 17.5 Å². The lowest BCUT2D eigenvalue weighted by Crippen LogP contribution is -2.46. The van der Waals surface area contributed by atoms with Gasteiger partial charge < -0.3 is 10.2 Å². The van der Waals surface area contributed by atoms with E-state index in [1.807, 2.05) is 30.5 Å². The Labute approximate surface area is 126 Å². The van der Waals surface area contributed by atoms with E-state index < -0.39 is 0 Å². The lowest BCUT2D eigenvalue weighted by Gasteiger charge is -2.35. The zero-order chi connectivity index (χ0) is 14.4. The Balaban J connectivity index is 2.21. The first-order chi connectivity index (χ1) is 9.77. The van der Waals surface area contributed by atoms with Crippen molar-refractivity contribution < 1.29 is 4.79 Å². The summed E-state index contributed by atoms with van der Waals surface area (Å²) < 4.78 is 0. The average molecular weight is 292 g/mol. The molecule has 0 aliphatic carbocycles. The van der Waals surface area contributed by atoms with Crippen LogP contribution < -0.4 is 5.32 Å². The van der Waals surface area contributed by atoms with Gasteiger partial charge in [-0.25, -0.2) is 0 Å². The molecule has 4 heteroatoms. The van der Waals surface area contributed by atoms with Gasteiger partial charge >= 0.3 is 0 Å². The number of rotatable bonds is 5. The van der Waals surface area contributed by atoms with Crippen LogP contribution in [0.4, 0.5) is 0 Å². The molecule has 1 heterocycles. The fourth-order valence-electron chi connectivity index (χ4n) is 2.79. The van der Waals surface area contributed by atoms with Crippen LogP contribution in [-0.2, 0) is 0 Å². The van der Waals surface area contributed by atoms with Crippen LogP contribution in [0.25, 0.3) is 0 Å². The van der Waals surface area contributed by atoms with Gasteiger partial charge in [0.05, 0.1) is 5.56 Å². The van der Waals surface area contributed by atoms with Gasteiger partial charge in [0.15, 0.2) is 0 Å². The van der Waals surface area contributed by atoms with Gasteiger partial charge in [0.1, 0.15) is 0 Å². The number of nitrogens with zero attached hydrogens (tertiary/aromatic N) is 1. The quantitative estimate of drug-likeness (QED) is 0.847. The fraction of sp³-hybridized carbons (Fsp3) is 0.562. The van der Waals surface area contributed by atoms with E-state index in [0.717, 1.165) is 49.4 Å². The third kappa shape index (κ3) is 3.55. The Bertz CT molecular complexity index is 444. The van der Waals surface area contributed by atoms with Crippen LogP contribution in [0.15, 0.2) is 29.2 Å². The molecule has 1 saturated heterocycles. The molecule has 0 unspecified atom stereocenters. The molecule has 0 spiro atoms. The first-order valence-corrected chi connectivity index (χ1v) is 8.65. The summed E-state index contributed by atoms with van der Waals surface area (Å²) in [4.78, 5) is 16.1. The maximum Gasteiger partial charge on any atom is 0.255 e. The molecule has 0 saturated carbocycles. The number of thioether (sulfide) groups is 1. The summed E-state index contributed by atoms with van der Waals surface area (Å²) in [6, 6.07) is 8.33. The Morgan fingerprint density at radius 3 is 2.70 bits per heavy atom. The summed E-state index contributed by atoms with van der Waals surface area (Å²) in [6.45, 7) is 5.03. The normalized spacial score (nSPS) is 16.1. The zero-order valence-electron chi connectivity index (χ0n) is 12.4. The second kappa shape index (κ2) is 7.70. The highest BCUT2D eigenvalue weighted by molar-refractivity contribution is 7.98. The zero-order valence-corrected chi connectivity index (χ0v) is 13.2. The van der Waals surface area contributed by atoms with Crippen LogP contribution >= 0.6 is 11.8 Å². The third-order valence-corrected chi connectivity index (χ3v) is 4.61. The SMILES string of the molecule is CCCN(C(=O)c1ccccc1SC)C1CCNCC1. The molecule has 20 heavy (non-hydrogen) atoms. The molecule has 1 fully saturated rings. The van der Waals surface area contributed by atoms with Crippen molar-refractivity contribution in [2.24, 2.45) is 0 Å². The summed E-state index contributed by atoms with van der Waals surface area (Å²) in [7, 11) is 0. The summed E-state index contributed by atoms with van der Waals surface area (Å²) >= 11 is 1.65. The van der Waals surface area contributed by atoms with Crippen molar-refractivity contribution in [2.75, 3.05) is 25.9 Å². The topological polar surface area (TPSA) is 32.3 Å². The van der Waals surface area contributed by atoms with Gasteiger partial charge in [0.25, 0.3) is 5.91 Å². The van der Waals surface area contributed by atoms with Gasteiger partial charge in [0.2, 0.25) is 0 Å². The molecule has 0 aromatic heterocycles. The Morgan fingerprint density at radius 1 is 1.35 bits per heavy atom. The number of hydrogen-bond donors (Lipinski definition) is 1. The molecule has 0 radical (unpaired) electrons. The molecule has 2 rings (SSSR count). The van der Waals surface area contributed by atoms with E-state index in [-0.39, 0.29) is 5.91 Å². The Morgan fingerprint density at radius 2 is 2.05 bits per heavy atom. The summed E-state index contributed by atoms with van der Waals surface area (Å²) in [5.41, 5.74) is 0.854. The minimum Gasteiger partial charge on any atom is -0.336 e. The number of nitrogens with one attached hydrogen (secondary N) is 1. The molecular weight excluding hydrogens is 268 g/mol. The van der Waals surface area contributed by atoms with Crippen LogP contribution in [0.5, 0.6) is 0 Å². The summed E-state index contributed by atoms with van der Waals surface area (Å²) in [5, 5.41) is 3.37. The molecule has 110 valence electrons. The maximum absolute atomic E-state index is 12.9.